The number of hydrogen-bond acceptors (Lipinski definition) is 5. The van der Waals surface area contributed by atoms with E-state index in [0.717, 1.165) is 75.3 Å². The maximum Gasteiger partial charge on any atom is 0.324 e. The Labute approximate surface area is 223 Å². The van der Waals surface area contributed by atoms with E-state index in [-0.39, 0.29) is 11.9 Å². The molecular weight excluding hydrogens is 493 g/mol. The van der Waals surface area contributed by atoms with E-state index in [1.807, 2.05) is 13.0 Å². The van der Waals surface area contributed by atoms with Crippen LogP contribution in [-0.4, -0.2) is 65.2 Å². The molecule has 0 unspecified atom stereocenters. The van der Waals surface area contributed by atoms with Gasteiger partial charge in [0.15, 0.2) is 0 Å². The van der Waals surface area contributed by atoms with Gasteiger partial charge in [0.2, 0.25) is 0 Å². The number of carboxylic acid groups (broad SMARTS) is 1. The van der Waals surface area contributed by atoms with Gasteiger partial charge in [0.05, 0.1) is 10.6 Å². The average Bonchev–Trinajstić information content (AvgIpc) is 2.89. The zero-order chi connectivity index (χ0) is 26.6. The van der Waals surface area contributed by atoms with Gasteiger partial charge in [-0.3, -0.25) is 9.69 Å². The summed E-state index contributed by atoms with van der Waals surface area (Å²) in [6.45, 7) is 8.10. The summed E-state index contributed by atoms with van der Waals surface area (Å²) in [6.07, 6.45) is 4.28. The van der Waals surface area contributed by atoms with Gasteiger partial charge in [-0.05, 0) is 88.4 Å². The van der Waals surface area contributed by atoms with Crippen LogP contribution in [-0.2, 0) is 11.2 Å². The molecule has 2 fully saturated rings. The maximum absolute atomic E-state index is 13.3. The maximum atomic E-state index is 13.3. The average molecular weight is 528 g/mol. The van der Waals surface area contributed by atoms with Gasteiger partial charge in [-0.2, -0.15) is 5.26 Å². The topological polar surface area (TPSA) is 76.8 Å². The third-order valence-electron chi connectivity index (χ3n) is 8.04. The number of nitrogens with zero attached hydrogens (tertiary/aromatic N) is 3. The molecule has 2 aromatic rings. The summed E-state index contributed by atoms with van der Waals surface area (Å²) in [4.78, 5) is 16.8. The summed E-state index contributed by atoms with van der Waals surface area (Å²) >= 11 is 6.29. The Kier molecular flexibility index (Phi) is 8.74. The largest absolute Gasteiger partial charge is 0.490 e. The number of halogens is 2. The van der Waals surface area contributed by atoms with Crippen LogP contribution in [0.3, 0.4) is 0 Å². The Morgan fingerprint density at radius 2 is 1.78 bits per heavy atom. The fraction of sp³-hybridized carbons (Fsp3) is 0.517. The van der Waals surface area contributed by atoms with E-state index in [4.69, 9.17) is 21.6 Å². The summed E-state index contributed by atoms with van der Waals surface area (Å²) in [5.74, 6) is 0.135. The van der Waals surface area contributed by atoms with Gasteiger partial charge in [-0.25, -0.2) is 4.39 Å². The molecule has 1 N–H and O–H groups in total. The predicted octanol–water partition coefficient (Wildman–Crippen LogP) is 5.30. The van der Waals surface area contributed by atoms with Crippen LogP contribution in [0.2, 0.25) is 5.02 Å². The first-order valence-corrected chi connectivity index (χ1v) is 13.4. The molecule has 0 amide bonds. The highest BCUT2D eigenvalue weighted by Gasteiger charge is 2.41. The van der Waals surface area contributed by atoms with Crippen LogP contribution in [0.1, 0.15) is 49.3 Å². The quantitative estimate of drug-likeness (QED) is 0.502. The summed E-state index contributed by atoms with van der Waals surface area (Å²) in [5, 5.41) is 19.7. The lowest BCUT2D eigenvalue weighted by molar-refractivity contribution is -0.151. The Morgan fingerprint density at radius 3 is 2.38 bits per heavy atom. The van der Waals surface area contributed by atoms with E-state index >= 15 is 0 Å². The van der Waals surface area contributed by atoms with Crippen LogP contribution in [0.4, 0.5) is 4.39 Å². The van der Waals surface area contributed by atoms with Gasteiger partial charge in [0, 0.05) is 31.6 Å². The van der Waals surface area contributed by atoms with E-state index in [1.165, 1.54) is 12.1 Å². The number of likely N-dealkylation sites (tertiary alicyclic amines) is 2. The molecule has 2 heterocycles. The van der Waals surface area contributed by atoms with E-state index in [9.17, 15) is 14.3 Å². The Morgan fingerprint density at radius 1 is 1.14 bits per heavy atom. The molecule has 6 nitrogen and oxygen atoms in total. The lowest BCUT2D eigenvalue weighted by Gasteiger charge is -2.43. The van der Waals surface area contributed by atoms with E-state index < -0.39 is 11.5 Å². The fourth-order valence-corrected chi connectivity index (χ4v) is 5.77. The number of nitriles is 1. The summed E-state index contributed by atoms with van der Waals surface area (Å²) in [5.41, 5.74) is 1.09. The molecule has 2 aliphatic heterocycles. The van der Waals surface area contributed by atoms with Crippen molar-refractivity contribution in [2.45, 2.75) is 57.6 Å². The lowest BCUT2D eigenvalue weighted by Crippen LogP contribution is -2.57. The first kappa shape index (κ1) is 27.4. The van der Waals surface area contributed by atoms with Crippen LogP contribution < -0.4 is 4.74 Å². The number of aliphatic carboxylic acids is 1. The van der Waals surface area contributed by atoms with Crippen molar-refractivity contribution in [1.29, 1.82) is 5.26 Å². The fourth-order valence-electron chi connectivity index (χ4n) is 5.57. The normalized spacial score (nSPS) is 19.8. The minimum absolute atomic E-state index is 0.128. The Bertz CT molecular complexity index is 1140. The van der Waals surface area contributed by atoms with Crippen LogP contribution in [0.15, 0.2) is 36.4 Å². The molecule has 0 radical (unpaired) electrons. The Hall–Kier alpha value is -2.66. The third kappa shape index (κ3) is 6.43. The molecule has 0 spiro atoms. The predicted molar refractivity (Wildman–Crippen MR) is 141 cm³/mol. The molecule has 37 heavy (non-hydrogen) atoms. The zero-order valence-corrected chi connectivity index (χ0v) is 22.3. The minimum atomic E-state index is -1.01. The van der Waals surface area contributed by atoms with Crippen molar-refractivity contribution < 1.29 is 19.0 Å². The first-order valence-electron chi connectivity index (χ1n) is 13.0. The Balaban J connectivity index is 1.25. The van der Waals surface area contributed by atoms with Crippen LogP contribution in [0.25, 0.3) is 0 Å². The molecule has 2 saturated heterocycles. The summed E-state index contributed by atoms with van der Waals surface area (Å²) in [7, 11) is 0. The highest BCUT2D eigenvalue weighted by atomic mass is 35.5. The van der Waals surface area contributed by atoms with Crippen molar-refractivity contribution in [2.75, 3.05) is 32.7 Å². The molecule has 0 aromatic heterocycles. The van der Waals surface area contributed by atoms with Gasteiger partial charge in [-0.1, -0.05) is 23.7 Å². The molecule has 2 aromatic carbocycles. The zero-order valence-electron chi connectivity index (χ0n) is 21.6. The third-order valence-corrected chi connectivity index (χ3v) is 8.52. The van der Waals surface area contributed by atoms with E-state index in [0.29, 0.717) is 22.9 Å². The van der Waals surface area contributed by atoms with E-state index in [2.05, 4.69) is 15.9 Å². The van der Waals surface area contributed by atoms with Crippen molar-refractivity contribution in [3.63, 3.8) is 0 Å². The number of ether oxygens (including phenoxy) is 1. The molecule has 0 bridgehead atoms. The number of hydrogen-bond donors (Lipinski definition) is 1. The molecule has 198 valence electrons. The molecule has 2 aliphatic rings. The standard InChI is InChI=1S/C29H35ClFN3O3/c1-20-26(8-5-23(18-32)27(20)30)37-25-11-13-33(14-12-25)19-22-9-15-34(16-10-22)29(2,28(35)36)17-21-3-6-24(31)7-4-21/h3-8,22,25H,9-17,19H2,1-2H3,(H,35,36)/t29-/m0/s1. The highest BCUT2D eigenvalue weighted by molar-refractivity contribution is 6.32. The molecule has 8 heteroatoms. The van der Waals surface area contributed by atoms with E-state index in [1.54, 1.807) is 25.1 Å². The lowest BCUT2D eigenvalue weighted by atomic mass is 9.86. The second kappa shape index (κ2) is 11.8. The van der Waals surface area contributed by atoms with Gasteiger partial charge in [-0.15, -0.1) is 0 Å². The molecule has 0 aliphatic carbocycles. The summed E-state index contributed by atoms with van der Waals surface area (Å²) in [6, 6.07) is 11.8. The molecule has 4 rings (SSSR count). The molecule has 0 saturated carbocycles. The minimum Gasteiger partial charge on any atom is -0.490 e. The second-order valence-corrected chi connectivity index (χ2v) is 11.0. The summed E-state index contributed by atoms with van der Waals surface area (Å²) < 4.78 is 19.5. The van der Waals surface area contributed by atoms with Gasteiger partial charge in [0.25, 0.3) is 0 Å². The van der Waals surface area contributed by atoms with Crippen molar-refractivity contribution in [2.24, 2.45) is 5.92 Å². The number of rotatable bonds is 8. The highest BCUT2D eigenvalue weighted by Crippen LogP contribution is 2.32. The van der Waals surface area contributed by atoms with Crippen molar-refractivity contribution in [1.82, 2.24) is 9.80 Å². The van der Waals surface area contributed by atoms with Crippen LogP contribution in [0.5, 0.6) is 5.75 Å². The monoisotopic (exact) mass is 527 g/mol. The van der Waals surface area contributed by atoms with Crippen molar-refractivity contribution in [3.8, 4) is 11.8 Å². The molecular formula is C29H35ClFN3O3. The molecule has 1 atom stereocenters. The van der Waals surface area contributed by atoms with Gasteiger partial charge in [0.1, 0.15) is 29.3 Å². The van der Waals surface area contributed by atoms with Crippen LogP contribution >= 0.6 is 11.6 Å². The first-order chi connectivity index (χ1) is 17.7. The number of carboxylic acids is 1. The van der Waals surface area contributed by atoms with Crippen molar-refractivity contribution in [3.05, 3.63) is 63.9 Å². The second-order valence-electron chi connectivity index (χ2n) is 10.6. The smallest absolute Gasteiger partial charge is 0.324 e. The number of carbonyl (C=O) groups is 1. The number of piperidine rings is 2. The van der Waals surface area contributed by atoms with Gasteiger partial charge < -0.3 is 14.7 Å². The van der Waals surface area contributed by atoms with Crippen molar-refractivity contribution >= 4 is 17.6 Å². The number of benzene rings is 2. The van der Waals surface area contributed by atoms with Gasteiger partial charge >= 0.3 is 5.97 Å². The SMILES string of the molecule is Cc1c(OC2CCN(CC3CCN([C@@](C)(Cc4ccc(F)cc4)C(=O)O)CC3)CC2)ccc(C#N)c1Cl. The van der Waals surface area contributed by atoms with Crippen LogP contribution in [0, 0.1) is 30.0 Å².